The number of ether oxygens (including phenoxy) is 2. The van der Waals surface area contributed by atoms with Crippen molar-refractivity contribution in [3.63, 3.8) is 0 Å². The largest absolute Gasteiger partial charge is 0.475 e. The molecular formula is C16H24N2O2. The Morgan fingerprint density at radius 1 is 1.30 bits per heavy atom. The Bertz CT molecular complexity index is 443. The van der Waals surface area contributed by atoms with E-state index >= 15 is 0 Å². The van der Waals surface area contributed by atoms with Crippen molar-refractivity contribution in [2.45, 2.75) is 39.8 Å². The highest BCUT2D eigenvalue weighted by atomic mass is 16.5. The van der Waals surface area contributed by atoms with E-state index in [0.29, 0.717) is 13.0 Å². The molecule has 1 aromatic carbocycles. The van der Waals surface area contributed by atoms with Crippen molar-refractivity contribution in [2.75, 3.05) is 20.3 Å². The molecule has 0 saturated carbocycles. The predicted octanol–water partition coefficient (Wildman–Crippen LogP) is 2.72. The molecule has 1 atom stereocenters. The maximum Gasteiger partial charge on any atom is 0.184 e. The van der Waals surface area contributed by atoms with Crippen molar-refractivity contribution < 1.29 is 9.47 Å². The summed E-state index contributed by atoms with van der Waals surface area (Å²) in [5.41, 5.74) is 3.36. The summed E-state index contributed by atoms with van der Waals surface area (Å²) >= 11 is 0. The Labute approximate surface area is 121 Å². The van der Waals surface area contributed by atoms with E-state index in [0.717, 1.165) is 30.0 Å². The zero-order chi connectivity index (χ0) is 15.0. The molecule has 0 amide bonds. The first kappa shape index (κ1) is 16.5. The number of hydrogen-bond donors (Lipinski definition) is 1. The van der Waals surface area contributed by atoms with Gasteiger partial charge in [-0.2, -0.15) is 5.26 Å². The van der Waals surface area contributed by atoms with Crippen molar-refractivity contribution >= 4 is 0 Å². The molecule has 110 valence electrons. The van der Waals surface area contributed by atoms with Crippen LogP contribution >= 0.6 is 0 Å². The zero-order valence-corrected chi connectivity index (χ0v) is 12.8. The molecule has 1 aromatic rings. The number of rotatable bonds is 8. The fraction of sp³-hybridized carbons (Fsp3) is 0.562. The van der Waals surface area contributed by atoms with Gasteiger partial charge in [0.15, 0.2) is 6.10 Å². The van der Waals surface area contributed by atoms with Crippen molar-refractivity contribution in [2.24, 2.45) is 0 Å². The fourth-order valence-corrected chi connectivity index (χ4v) is 2.08. The first-order chi connectivity index (χ1) is 9.62. The van der Waals surface area contributed by atoms with E-state index in [4.69, 9.17) is 14.7 Å². The third-order valence-electron chi connectivity index (χ3n) is 3.11. The van der Waals surface area contributed by atoms with Crippen LogP contribution in [0.1, 0.15) is 30.0 Å². The maximum absolute atomic E-state index is 8.99. The third kappa shape index (κ3) is 4.84. The number of nitriles is 1. The van der Waals surface area contributed by atoms with Gasteiger partial charge in [-0.05, 0) is 37.0 Å². The predicted molar refractivity (Wildman–Crippen MR) is 79.8 cm³/mol. The van der Waals surface area contributed by atoms with E-state index in [-0.39, 0.29) is 6.10 Å². The number of aryl methyl sites for hydroxylation is 2. The molecule has 1 N–H and O–H groups in total. The van der Waals surface area contributed by atoms with Gasteiger partial charge in [0, 0.05) is 20.2 Å². The molecule has 4 heteroatoms. The standard InChI is InChI=1S/C16H24N2O2/c1-5-15(10-17)20-16-12(2)8-14(9-13(16)3)11-18-6-7-19-4/h8-9,15,18H,5-7,11H2,1-4H3. The van der Waals surface area contributed by atoms with Crippen LogP contribution in [0.3, 0.4) is 0 Å². The summed E-state index contributed by atoms with van der Waals surface area (Å²) in [6, 6.07) is 6.38. The molecule has 0 aromatic heterocycles. The highest BCUT2D eigenvalue weighted by Gasteiger charge is 2.11. The molecule has 4 nitrogen and oxygen atoms in total. The van der Waals surface area contributed by atoms with Gasteiger partial charge in [-0.15, -0.1) is 0 Å². The lowest BCUT2D eigenvalue weighted by atomic mass is 10.1. The van der Waals surface area contributed by atoms with Gasteiger partial charge in [0.05, 0.1) is 6.61 Å². The second-order valence-corrected chi connectivity index (χ2v) is 4.87. The molecule has 0 spiro atoms. The minimum absolute atomic E-state index is 0.377. The van der Waals surface area contributed by atoms with Crippen LogP contribution in [0.2, 0.25) is 0 Å². The molecule has 0 aliphatic rings. The molecular weight excluding hydrogens is 252 g/mol. The number of benzene rings is 1. The summed E-state index contributed by atoms with van der Waals surface area (Å²) in [4.78, 5) is 0. The molecule has 0 heterocycles. The Morgan fingerprint density at radius 3 is 2.45 bits per heavy atom. The van der Waals surface area contributed by atoms with Gasteiger partial charge in [-0.25, -0.2) is 0 Å². The monoisotopic (exact) mass is 276 g/mol. The highest BCUT2D eigenvalue weighted by molar-refractivity contribution is 5.43. The second kappa shape index (κ2) is 8.57. The summed E-state index contributed by atoms with van der Waals surface area (Å²) in [6.07, 6.45) is 0.313. The quantitative estimate of drug-likeness (QED) is 0.742. The second-order valence-electron chi connectivity index (χ2n) is 4.87. The van der Waals surface area contributed by atoms with Crippen molar-refractivity contribution in [1.29, 1.82) is 5.26 Å². The highest BCUT2D eigenvalue weighted by Crippen LogP contribution is 2.26. The molecule has 20 heavy (non-hydrogen) atoms. The van der Waals surface area contributed by atoms with E-state index in [1.54, 1.807) is 7.11 Å². The maximum atomic E-state index is 8.99. The Kier molecular flexibility index (Phi) is 7.06. The van der Waals surface area contributed by atoms with E-state index in [2.05, 4.69) is 23.5 Å². The van der Waals surface area contributed by atoms with Crippen LogP contribution in [0.25, 0.3) is 0 Å². The molecule has 0 aliphatic heterocycles. The van der Waals surface area contributed by atoms with Gasteiger partial charge in [-0.1, -0.05) is 19.1 Å². The minimum Gasteiger partial charge on any atom is -0.475 e. The number of hydrogen-bond acceptors (Lipinski definition) is 4. The number of nitrogens with zero attached hydrogens (tertiary/aromatic N) is 1. The smallest absolute Gasteiger partial charge is 0.184 e. The molecule has 0 aliphatic carbocycles. The number of nitrogens with one attached hydrogen (secondary N) is 1. The summed E-state index contributed by atoms with van der Waals surface area (Å²) in [5, 5.41) is 12.3. The minimum atomic E-state index is -0.377. The van der Waals surface area contributed by atoms with Crippen LogP contribution in [-0.4, -0.2) is 26.4 Å². The first-order valence-corrected chi connectivity index (χ1v) is 6.98. The molecule has 0 bridgehead atoms. The lowest BCUT2D eigenvalue weighted by molar-refractivity contribution is 0.199. The van der Waals surface area contributed by atoms with E-state index < -0.39 is 0 Å². The summed E-state index contributed by atoms with van der Waals surface area (Å²) < 4.78 is 10.8. The van der Waals surface area contributed by atoms with Crippen LogP contribution < -0.4 is 10.1 Å². The Morgan fingerprint density at radius 2 is 1.95 bits per heavy atom. The lowest BCUT2D eigenvalue weighted by Gasteiger charge is -2.17. The van der Waals surface area contributed by atoms with Crippen LogP contribution in [0, 0.1) is 25.2 Å². The van der Waals surface area contributed by atoms with E-state index in [1.807, 2.05) is 20.8 Å². The van der Waals surface area contributed by atoms with Gasteiger partial charge < -0.3 is 14.8 Å². The average Bonchev–Trinajstić information content (AvgIpc) is 2.43. The molecule has 1 rings (SSSR count). The van der Waals surface area contributed by atoms with Crippen LogP contribution in [0.5, 0.6) is 5.75 Å². The Hall–Kier alpha value is -1.57. The third-order valence-corrected chi connectivity index (χ3v) is 3.11. The topological polar surface area (TPSA) is 54.3 Å². The summed E-state index contributed by atoms with van der Waals surface area (Å²) in [7, 11) is 1.70. The summed E-state index contributed by atoms with van der Waals surface area (Å²) in [5.74, 6) is 0.832. The zero-order valence-electron chi connectivity index (χ0n) is 12.8. The molecule has 0 saturated heterocycles. The molecule has 0 fully saturated rings. The Balaban J connectivity index is 2.73. The SMILES string of the molecule is CCC(C#N)Oc1c(C)cc(CNCCOC)cc1C. The van der Waals surface area contributed by atoms with Gasteiger partial charge in [0.2, 0.25) is 0 Å². The summed E-state index contributed by atoms with van der Waals surface area (Å²) in [6.45, 7) is 8.34. The van der Waals surface area contributed by atoms with Crippen LogP contribution in [0.4, 0.5) is 0 Å². The van der Waals surface area contributed by atoms with E-state index in [9.17, 15) is 0 Å². The molecule has 1 unspecified atom stereocenters. The van der Waals surface area contributed by atoms with Crippen LogP contribution in [-0.2, 0) is 11.3 Å². The fourth-order valence-electron chi connectivity index (χ4n) is 2.08. The van der Waals surface area contributed by atoms with Crippen molar-refractivity contribution in [3.05, 3.63) is 28.8 Å². The van der Waals surface area contributed by atoms with Gasteiger partial charge in [-0.3, -0.25) is 0 Å². The lowest BCUT2D eigenvalue weighted by Crippen LogP contribution is -2.19. The van der Waals surface area contributed by atoms with E-state index in [1.165, 1.54) is 5.56 Å². The first-order valence-electron chi connectivity index (χ1n) is 6.98. The van der Waals surface area contributed by atoms with Crippen LogP contribution in [0.15, 0.2) is 12.1 Å². The van der Waals surface area contributed by atoms with Gasteiger partial charge in [0.25, 0.3) is 0 Å². The van der Waals surface area contributed by atoms with Gasteiger partial charge in [0.1, 0.15) is 11.8 Å². The van der Waals surface area contributed by atoms with Crippen molar-refractivity contribution in [3.8, 4) is 11.8 Å². The normalized spacial score (nSPS) is 11.9. The molecule has 0 radical (unpaired) electrons. The number of methoxy groups -OCH3 is 1. The average molecular weight is 276 g/mol. The van der Waals surface area contributed by atoms with Crippen molar-refractivity contribution in [1.82, 2.24) is 5.32 Å². The van der Waals surface area contributed by atoms with Gasteiger partial charge >= 0.3 is 0 Å².